The zero-order chi connectivity index (χ0) is 9.56. The van der Waals surface area contributed by atoms with Crippen molar-refractivity contribution in [3.05, 3.63) is 36.0 Å². The Morgan fingerprint density at radius 3 is 2.33 bits per heavy atom. The van der Waals surface area contributed by atoms with Crippen LogP contribution in [0.5, 0.6) is 0 Å². The van der Waals surface area contributed by atoms with Crippen LogP contribution in [0.25, 0.3) is 0 Å². The zero-order valence-corrected chi connectivity index (χ0v) is 8.72. The van der Waals surface area contributed by atoms with Crippen LogP contribution >= 0.6 is 0 Å². The second kappa shape index (κ2) is 5.82. The first kappa shape index (κ1) is 11.2. The molecule has 68 valence electrons. The van der Waals surface area contributed by atoms with E-state index in [1.807, 2.05) is 6.08 Å². The molecule has 0 aromatic heterocycles. The Kier molecular flexibility index (Phi) is 5.44. The standard InChI is InChI=1S/C12H20/c1-6-11(5)12(7-2)9-8-10(3)4/h6-8,11H,1,9H2,2-5H3. The van der Waals surface area contributed by atoms with Gasteiger partial charge in [-0.25, -0.2) is 0 Å². The van der Waals surface area contributed by atoms with Crippen molar-refractivity contribution >= 4 is 0 Å². The largest absolute Gasteiger partial charge is 0.102 e. The third-order valence-corrected chi connectivity index (χ3v) is 2.06. The molecule has 0 aliphatic carbocycles. The van der Waals surface area contributed by atoms with E-state index >= 15 is 0 Å². The molecule has 12 heavy (non-hydrogen) atoms. The maximum Gasteiger partial charge on any atom is -0.00513 e. The van der Waals surface area contributed by atoms with Crippen LogP contribution in [0, 0.1) is 5.92 Å². The van der Waals surface area contributed by atoms with E-state index in [2.05, 4.69) is 46.4 Å². The lowest BCUT2D eigenvalue weighted by Crippen LogP contribution is -1.93. The molecule has 0 rings (SSSR count). The van der Waals surface area contributed by atoms with E-state index in [0.29, 0.717) is 5.92 Å². The molecule has 0 aliphatic rings. The average Bonchev–Trinajstić information content (AvgIpc) is 2.04. The van der Waals surface area contributed by atoms with Gasteiger partial charge in [-0.3, -0.25) is 0 Å². The molecule has 0 radical (unpaired) electrons. The first-order chi connectivity index (χ1) is 5.61. The Bertz CT molecular complexity index is 190. The SMILES string of the molecule is C=CC(C)C(=CC)CC=C(C)C. The van der Waals surface area contributed by atoms with Crippen molar-refractivity contribution < 1.29 is 0 Å². The Balaban J connectivity index is 4.20. The van der Waals surface area contributed by atoms with Gasteiger partial charge < -0.3 is 0 Å². The van der Waals surface area contributed by atoms with E-state index in [1.165, 1.54) is 11.1 Å². The van der Waals surface area contributed by atoms with Crippen LogP contribution in [0.2, 0.25) is 0 Å². The minimum absolute atomic E-state index is 0.505. The van der Waals surface area contributed by atoms with Crippen molar-refractivity contribution in [3.63, 3.8) is 0 Å². The molecule has 0 bridgehead atoms. The molecule has 1 unspecified atom stereocenters. The average molecular weight is 164 g/mol. The predicted octanol–water partition coefficient (Wildman–Crippen LogP) is 4.11. The van der Waals surface area contributed by atoms with Crippen LogP contribution in [-0.4, -0.2) is 0 Å². The topological polar surface area (TPSA) is 0 Å². The van der Waals surface area contributed by atoms with E-state index in [0.717, 1.165) is 6.42 Å². The minimum atomic E-state index is 0.505. The summed E-state index contributed by atoms with van der Waals surface area (Å²) in [6.45, 7) is 12.3. The van der Waals surface area contributed by atoms with Crippen molar-refractivity contribution in [2.24, 2.45) is 5.92 Å². The first-order valence-corrected chi connectivity index (χ1v) is 4.52. The lowest BCUT2D eigenvalue weighted by molar-refractivity contribution is 0.829. The predicted molar refractivity (Wildman–Crippen MR) is 57.2 cm³/mol. The van der Waals surface area contributed by atoms with Crippen molar-refractivity contribution in [2.45, 2.75) is 34.1 Å². The van der Waals surface area contributed by atoms with Crippen LogP contribution in [0.3, 0.4) is 0 Å². The lowest BCUT2D eigenvalue weighted by Gasteiger charge is -2.08. The molecule has 1 atom stereocenters. The van der Waals surface area contributed by atoms with Crippen molar-refractivity contribution in [1.82, 2.24) is 0 Å². The summed E-state index contributed by atoms with van der Waals surface area (Å²) in [6.07, 6.45) is 7.50. The van der Waals surface area contributed by atoms with Gasteiger partial charge in [0.2, 0.25) is 0 Å². The molecule has 0 N–H and O–H groups in total. The fraction of sp³-hybridized carbons (Fsp3) is 0.500. The molecule has 0 saturated carbocycles. The van der Waals surface area contributed by atoms with E-state index in [1.54, 1.807) is 0 Å². The van der Waals surface area contributed by atoms with Crippen LogP contribution in [-0.2, 0) is 0 Å². The summed E-state index contributed by atoms with van der Waals surface area (Å²) in [5.41, 5.74) is 2.83. The van der Waals surface area contributed by atoms with Crippen molar-refractivity contribution in [2.75, 3.05) is 0 Å². The quantitative estimate of drug-likeness (QED) is 0.548. The second-order valence-electron chi connectivity index (χ2n) is 3.37. The van der Waals surface area contributed by atoms with E-state index < -0.39 is 0 Å². The highest BCUT2D eigenvalue weighted by molar-refractivity contribution is 5.15. The number of rotatable bonds is 4. The molecule has 0 saturated heterocycles. The third kappa shape index (κ3) is 4.17. The molecule has 0 aliphatic heterocycles. The van der Waals surface area contributed by atoms with Gasteiger partial charge in [0, 0.05) is 0 Å². The number of hydrogen-bond donors (Lipinski definition) is 0. The summed E-state index contributed by atoms with van der Waals surface area (Å²) >= 11 is 0. The van der Waals surface area contributed by atoms with Crippen LogP contribution in [0.1, 0.15) is 34.1 Å². The molecule has 0 heteroatoms. The molecule has 0 heterocycles. The lowest BCUT2D eigenvalue weighted by atomic mass is 9.97. The second-order valence-corrected chi connectivity index (χ2v) is 3.37. The zero-order valence-electron chi connectivity index (χ0n) is 8.72. The molecule has 0 spiro atoms. The van der Waals surface area contributed by atoms with Gasteiger partial charge in [-0.15, -0.1) is 6.58 Å². The van der Waals surface area contributed by atoms with E-state index in [-0.39, 0.29) is 0 Å². The van der Waals surface area contributed by atoms with Gasteiger partial charge in [0.05, 0.1) is 0 Å². The van der Waals surface area contributed by atoms with Crippen LogP contribution in [0.15, 0.2) is 36.0 Å². The molecule has 0 fully saturated rings. The van der Waals surface area contributed by atoms with E-state index in [4.69, 9.17) is 0 Å². The van der Waals surface area contributed by atoms with E-state index in [9.17, 15) is 0 Å². The molecular formula is C12H20. The number of allylic oxidation sites excluding steroid dienone is 5. The fourth-order valence-electron chi connectivity index (χ4n) is 1.04. The molecule has 0 aromatic rings. The van der Waals surface area contributed by atoms with Gasteiger partial charge >= 0.3 is 0 Å². The molecule has 0 nitrogen and oxygen atoms in total. The molecule has 0 amide bonds. The molecule has 0 aromatic carbocycles. The van der Waals surface area contributed by atoms with Gasteiger partial charge in [-0.2, -0.15) is 0 Å². The van der Waals surface area contributed by atoms with Gasteiger partial charge in [-0.1, -0.05) is 36.3 Å². The van der Waals surface area contributed by atoms with Crippen LogP contribution in [0.4, 0.5) is 0 Å². The summed E-state index contributed by atoms with van der Waals surface area (Å²) in [4.78, 5) is 0. The monoisotopic (exact) mass is 164 g/mol. The summed E-state index contributed by atoms with van der Waals surface area (Å²) < 4.78 is 0. The van der Waals surface area contributed by atoms with Gasteiger partial charge in [0.1, 0.15) is 0 Å². The van der Waals surface area contributed by atoms with Crippen LogP contribution < -0.4 is 0 Å². The smallest absolute Gasteiger partial charge is 0.00513 e. The highest BCUT2D eigenvalue weighted by Crippen LogP contribution is 2.16. The maximum atomic E-state index is 3.80. The number of hydrogen-bond acceptors (Lipinski definition) is 0. The summed E-state index contributed by atoms with van der Waals surface area (Å²) in [5, 5.41) is 0. The normalized spacial score (nSPS) is 13.8. The fourth-order valence-corrected chi connectivity index (χ4v) is 1.04. The van der Waals surface area contributed by atoms with Crippen molar-refractivity contribution in [3.8, 4) is 0 Å². The Hall–Kier alpha value is -0.780. The van der Waals surface area contributed by atoms with Gasteiger partial charge in [0.25, 0.3) is 0 Å². The van der Waals surface area contributed by atoms with Crippen molar-refractivity contribution in [1.29, 1.82) is 0 Å². The highest BCUT2D eigenvalue weighted by atomic mass is 14.1. The Morgan fingerprint density at radius 2 is 2.00 bits per heavy atom. The van der Waals surface area contributed by atoms with Gasteiger partial charge in [-0.05, 0) is 33.1 Å². The third-order valence-electron chi connectivity index (χ3n) is 2.06. The summed E-state index contributed by atoms with van der Waals surface area (Å²) in [7, 11) is 0. The Labute approximate surface area is 76.7 Å². The maximum absolute atomic E-state index is 3.80. The first-order valence-electron chi connectivity index (χ1n) is 4.52. The minimum Gasteiger partial charge on any atom is -0.102 e. The molecular weight excluding hydrogens is 144 g/mol. The highest BCUT2D eigenvalue weighted by Gasteiger charge is 2.00. The summed E-state index contributed by atoms with van der Waals surface area (Å²) in [5.74, 6) is 0.505. The van der Waals surface area contributed by atoms with Gasteiger partial charge in [0.15, 0.2) is 0 Å². The summed E-state index contributed by atoms with van der Waals surface area (Å²) in [6, 6.07) is 0. The Morgan fingerprint density at radius 1 is 1.42 bits per heavy atom.